The van der Waals surface area contributed by atoms with Crippen LogP contribution in [-0.2, 0) is 14.9 Å². The smallest absolute Gasteiger partial charge is 1.00 e. The van der Waals surface area contributed by atoms with Gasteiger partial charge in [-0.2, -0.15) is 8.42 Å². The monoisotopic (exact) mass is 354 g/mol. The number of carbonyl (C=O) groups is 1. The SMILES string of the molecule is CCCCC(CC)COC(=O)Oc1ccc(S(=O)(=O)O)cc1.[H-].[Na+]. The quantitative estimate of drug-likeness (QED) is 0.321. The molecule has 1 aromatic rings. The molecular weight excluding hydrogens is 331 g/mol. The topological polar surface area (TPSA) is 89.9 Å². The molecule has 0 fully saturated rings. The van der Waals surface area contributed by atoms with Crippen LogP contribution in [0.25, 0.3) is 0 Å². The van der Waals surface area contributed by atoms with Crippen molar-refractivity contribution in [1.82, 2.24) is 0 Å². The number of unbranched alkanes of at least 4 members (excludes halogenated alkanes) is 1. The minimum atomic E-state index is -4.25. The molecule has 0 aliphatic carbocycles. The second kappa shape index (κ2) is 11.0. The van der Waals surface area contributed by atoms with Gasteiger partial charge in [0.2, 0.25) is 0 Å². The average Bonchev–Trinajstić information content (AvgIpc) is 2.47. The molecule has 8 heteroatoms. The molecule has 1 aromatic carbocycles. The van der Waals surface area contributed by atoms with Gasteiger partial charge in [-0.25, -0.2) is 4.79 Å². The third-order valence-electron chi connectivity index (χ3n) is 3.30. The fourth-order valence-corrected chi connectivity index (χ4v) is 2.37. The molecule has 0 bridgehead atoms. The summed E-state index contributed by atoms with van der Waals surface area (Å²) >= 11 is 0. The predicted octanol–water partition coefficient (Wildman–Crippen LogP) is 0.782. The third-order valence-corrected chi connectivity index (χ3v) is 4.17. The maximum Gasteiger partial charge on any atom is 1.00 e. The van der Waals surface area contributed by atoms with Crippen molar-refractivity contribution in [3.8, 4) is 5.75 Å². The van der Waals surface area contributed by atoms with Crippen molar-refractivity contribution in [2.75, 3.05) is 6.61 Å². The minimum Gasteiger partial charge on any atom is -1.00 e. The van der Waals surface area contributed by atoms with Gasteiger partial charge < -0.3 is 10.9 Å². The van der Waals surface area contributed by atoms with Crippen LogP contribution in [0.5, 0.6) is 5.75 Å². The predicted molar refractivity (Wildman–Crippen MR) is 82.7 cm³/mol. The van der Waals surface area contributed by atoms with Gasteiger partial charge in [0.25, 0.3) is 10.1 Å². The molecule has 0 saturated heterocycles. The van der Waals surface area contributed by atoms with E-state index in [4.69, 9.17) is 14.0 Å². The summed E-state index contributed by atoms with van der Waals surface area (Å²) in [5.74, 6) is 0.466. The summed E-state index contributed by atoms with van der Waals surface area (Å²) in [6.07, 6.45) is 3.30. The first kappa shape index (κ1) is 22.4. The molecule has 0 amide bonds. The van der Waals surface area contributed by atoms with Crippen LogP contribution in [-0.4, -0.2) is 25.7 Å². The Morgan fingerprint density at radius 2 is 1.87 bits per heavy atom. The molecule has 1 unspecified atom stereocenters. The van der Waals surface area contributed by atoms with Gasteiger partial charge in [0.15, 0.2) is 0 Å². The van der Waals surface area contributed by atoms with Crippen LogP contribution in [0.15, 0.2) is 29.2 Å². The van der Waals surface area contributed by atoms with Crippen LogP contribution < -0.4 is 34.3 Å². The van der Waals surface area contributed by atoms with Crippen molar-refractivity contribution < 1.29 is 58.2 Å². The maximum absolute atomic E-state index is 11.6. The summed E-state index contributed by atoms with van der Waals surface area (Å²) in [5, 5.41) is 0. The van der Waals surface area contributed by atoms with E-state index in [9.17, 15) is 13.2 Å². The largest absolute Gasteiger partial charge is 1.00 e. The number of hydrogen-bond acceptors (Lipinski definition) is 5. The molecule has 0 heterocycles. The second-order valence-corrected chi connectivity index (χ2v) is 6.45. The Labute approximate surface area is 161 Å². The zero-order chi connectivity index (χ0) is 16.6. The molecule has 126 valence electrons. The molecular formula is C15H23NaO6S. The molecule has 23 heavy (non-hydrogen) atoms. The molecule has 1 N–H and O–H groups in total. The van der Waals surface area contributed by atoms with Crippen molar-refractivity contribution >= 4 is 16.3 Å². The van der Waals surface area contributed by atoms with Gasteiger partial charge in [-0.1, -0.05) is 33.1 Å². The van der Waals surface area contributed by atoms with E-state index in [2.05, 4.69) is 6.92 Å². The normalized spacial score (nSPS) is 12.1. The Morgan fingerprint density at radius 1 is 1.26 bits per heavy atom. The molecule has 0 saturated carbocycles. The van der Waals surface area contributed by atoms with Gasteiger partial charge in [-0.05, 0) is 36.6 Å². The van der Waals surface area contributed by atoms with E-state index in [1.807, 2.05) is 6.92 Å². The number of hydrogen-bond donors (Lipinski definition) is 1. The van der Waals surface area contributed by atoms with Crippen molar-refractivity contribution in [2.45, 2.75) is 44.4 Å². The van der Waals surface area contributed by atoms with Crippen LogP contribution in [0.2, 0.25) is 0 Å². The van der Waals surface area contributed by atoms with Gasteiger partial charge >= 0.3 is 35.7 Å². The van der Waals surface area contributed by atoms with Crippen molar-refractivity contribution in [3.63, 3.8) is 0 Å². The summed E-state index contributed by atoms with van der Waals surface area (Å²) in [4.78, 5) is 11.3. The summed E-state index contributed by atoms with van der Waals surface area (Å²) < 4.78 is 40.6. The number of carbonyl (C=O) groups excluding carboxylic acids is 1. The molecule has 1 rings (SSSR count). The fraction of sp³-hybridized carbons (Fsp3) is 0.533. The van der Waals surface area contributed by atoms with Gasteiger partial charge in [-0.15, -0.1) is 0 Å². The summed E-state index contributed by atoms with van der Waals surface area (Å²) in [6.45, 7) is 4.46. The van der Waals surface area contributed by atoms with E-state index in [-0.39, 0.29) is 41.6 Å². The summed E-state index contributed by atoms with van der Waals surface area (Å²) in [5.41, 5.74) is 0. The van der Waals surface area contributed by atoms with Crippen molar-refractivity contribution in [3.05, 3.63) is 24.3 Å². The van der Waals surface area contributed by atoms with E-state index in [1.54, 1.807) is 0 Å². The van der Waals surface area contributed by atoms with Gasteiger partial charge in [0.1, 0.15) is 5.75 Å². The average molecular weight is 354 g/mol. The standard InChI is InChI=1S/C15H22O6S.Na.H/c1-3-5-6-12(4-2)11-20-15(16)21-13-7-9-14(10-8-13)22(17,18)19;;/h7-10,12H,3-6,11H2,1-2H3,(H,17,18,19);;/q;+1;-1. The van der Waals surface area contributed by atoms with E-state index >= 15 is 0 Å². The Balaban J connectivity index is 0. The van der Waals surface area contributed by atoms with Crippen LogP contribution >= 0.6 is 0 Å². The van der Waals surface area contributed by atoms with Crippen molar-refractivity contribution in [1.29, 1.82) is 0 Å². The van der Waals surface area contributed by atoms with Crippen LogP contribution in [0.1, 0.15) is 41.0 Å². The van der Waals surface area contributed by atoms with Gasteiger partial charge in [0.05, 0.1) is 11.5 Å². The molecule has 0 radical (unpaired) electrons. The van der Waals surface area contributed by atoms with Crippen LogP contribution in [0.4, 0.5) is 4.79 Å². The molecule has 1 atom stereocenters. The maximum atomic E-state index is 11.6. The molecule has 0 aromatic heterocycles. The van der Waals surface area contributed by atoms with Crippen molar-refractivity contribution in [2.24, 2.45) is 5.92 Å². The van der Waals surface area contributed by atoms with Gasteiger partial charge in [0, 0.05) is 0 Å². The fourth-order valence-electron chi connectivity index (χ4n) is 1.89. The zero-order valence-electron chi connectivity index (χ0n) is 14.8. The van der Waals surface area contributed by atoms with E-state index in [0.29, 0.717) is 12.5 Å². The third kappa shape index (κ3) is 8.72. The van der Waals surface area contributed by atoms with Gasteiger partial charge in [-0.3, -0.25) is 4.55 Å². The molecule has 0 spiro atoms. The number of ether oxygens (including phenoxy) is 2. The second-order valence-electron chi connectivity index (χ2n) is 5.03. The van der Waals surface area contributed by atoms with E-state index in [0.717, 1.165) is 37.8 Å². The molecule has 6 nitrogen and oxygen atoms in total. The Hall–Kier alpha value is -0.600. The first-order chi connectivity index (χ1) is 10.4. The summed E-state index contributed by atoms with van der Waals surface area (Å²) in [7, 11) is -4.25. The Bertz CT molecular complexity index is 576. The number of rotatable bonds is 8. The number of benzene rings is 1. The van der Waals surface area contributed by atoms with Crippen LogP contribution in [0.3, 0.4) is 0 Å². The zero-order valence-corrected chi connectivity index (χ0v) is 16.6. The van der Waals surface area contributed by atoms with E-state index < -0.39 is 16.3 Å². The minimum absolute atomic E-state index is 0. The molecule has 0 aliphatic heterocycles. The summed E-state index contributed by atoms with van der Waals surface area (Å²) in [6, 6.07) is 4.85. The first-order valence-corrected chi connectivity index (χ1v) is 8.73. The first-order valence-electron chi connectivity index (χ1n) is 7.29. The molecule has 0 aliphatic rings. The van der Waals surface area contributed by atoms with Crippen LogP contribution in [0, 0.1) is 5.92 Å². The van der Waals surface area contributed by atoms with E-state index in [1.165, 1.54) is 12.1 Å². The Kier molecular flexibility index (Phi) is 10.8. The Morgan fingerprint density at radius 3 is 2.35 bits per heavy atom.